The lowest BCUT2D eigenvalue weighted by atomic mass is 10.1. The molecule has 0 atom stereocenters. The maximum atomic E-state index is 12.6. The Labute approximate surface area is 137 Å². The predicted octanol–water partition coefficient (Wildman–Crippen LogP) is 3.50. The zero-order valence-corrected chi connectivity index (χ0v) is 14.7. The van der Waals surface area contributed by atoms with Crippen molar-refractivity contribution in [2.24, 2.45) is 5.92 Å². The average molecular weight is 314 g/mol. The fourth-order valence-electron chi connectivity index (χ4n) is 2.79. The SMILES string of the molecule is Cc1ccn(CC(=O)c2cc(C)n(CCC(C)C)c2C)c(=O)c1. The first-order chi connectivity index (χ1) is 10.8. The highest BCUT2D eigenvalue weighted by Crippen LogP contribution is 2.18. The molecular formula is C19H26N2O2. The number of aryl methyl sites for hydroxylation is 2. The van der Waals surface area contributed by atoms with Gasteiger partial charge < -0.3 is 9.13 Å². The Morgan fingerprint density at radius 3 is 2.48 bits per heavy atom. The van der Waals surface area contributed by atoms with Gasteiger partial charge in [-0.25, -0.2) is 0 Å². The summed E-state index contributed by atoms with van der Waals surface area (Å²) < 4.78 is 3.67. The molecule has 4 heteroatoms. The van der Waals surface area contributed by atoms with Crippen molar-refractivity contribution in [3.8, 4) is 0 Å². The van der Waals surface area contributed by atoms with Crippen LogP contribution in [-0.4, -0.2) is 14.9 Å². The lowest BCUT2D eigenvalue weighted by Crippen LogP contribution is -2.23. The molecule has 2 rings (SSSR count). The molecule has 0 amide bonds. The summed E-state index contributed by atoms with van der Waals surface area (Å²) in [6.45, 7) is 11.3. The van der Waals surface area contributed by atoms with Gasteiger partial charge in [-0.2, -0.15) is 0 Å². The molecule has 0 spiro atoms. The third-order valence-corrected chi connectivity index (χ3v) is 4.27. The second-order valence-corrected chi connectivity index (χ2v) is 6.71. The van der Waals surface area contributed by atoms with Crippen molar-refractivity contribution in [1.29, 1.82) is 0 Å². The normalized spacial score (nSPS) is 11.2. The Kier molecular flexibility index (Phi) is 5.24. The summed E-state index contributed by atoms with van der Waals surface area (Å²) in [5.74, 6) is 0.612. The smallest absolute Gasteiger partial charge is 0.251 e. The predicted molar refractivity (Wildman–Crippen MR) is 93.1 cm³/mol. The highest BCUT2D eigenvalue weighted by atomic mass is 16.1. The standard InChI is InChI=1S/C19H26N2O2/c1-13(2)6-9-21-15(4)11-17(16(21)5)18(22)12-20-8-7-14(3)10-19(20)23/h7-8,10-11,13H,6,9,12H2,1-5H3. The first-order valence-corrected chi connectivity index (χ1v) is 8.16. The maximum Gasteiger partial charge on any atom is 0.251 e. The van der Waals surface area contributed by atoms with Gasteiger partial charge in [0.1, 0.15) is 0 Å². The van der Waals surface area contributed by atoms with Crippen molar-refractivity contribution in [2.45, 2.75) is 54.1 Å². The zero-order valence-electron chi connectivity index (χ0n) is 14.7. The monoisotopic (exact) mass is 314 g/mol. The maximum absolute atomic E-state index is 12.6. The Morgan fingerprint density at radius 1 is 1.17 bits per heavy atom. The molecule has 0 N–H and O–H groups in total. The van der Waals surface area contributed by atoms with Crippen molar-refractivity contribution in [1.82, 2.24) is 9.13 Å². The quantitative estimate of drug-likeness (QED) is 0.766. The lowest BCUT2D eigenvalue weighted by Gasteiger charge is -2.11. The highest BCUT2D eigenvalue weighted by molar-refractivity contribution is 5.97. The van der Waals surface area contributed by atoms with Gasteiger partial charge in [0.2, 0.25) is 0 Å². The van der Waals surface area contributed by atoms with Crippen LogP contribution in [0.4, 0.5) is 0 Å². The molecule has 0 aliphatic heterocycles. The summed E-state index contributed by atoms with van der Waals surface area (Å²) in [4.78, 5) is 24.5. The van der Waals surface area contributed by atoms with Crippen molar-refractivity contribution < 1.29 is 4.79 Å². The van der Waals surface area contributed by atoms with Crippen LogP contribution in [0.2, 0.25) is 0 Å². The molecule has 0 fully saturated rings. The average Bonchev–Trinajstić information content (AvgIpc) is 2.74. The number of pyridine rings is 1. The minimum Gasteiger partial charge on any atom is -0.348 e. The second-order valence-electron chi connectivity index (χ2n) is 6.71. The number of ketones is 1. The van der Waals surface area contributed by atoms with Crippen LogP contribution in [0.5, 0.6) is 0 Å². The molecule has 23 heavy (non-hydrogen) atoms. The number of carbonyl (C=O) groups is 1. The van der Waals surface area contributed by atoms with Gasteiger partial charge in [0.05, 0.1) is 6.54 Å². The van der Waals surface area contributed by atoms with E-state index in [-0.39, 0.29) is 17.9 Å². The van der Waals surface area contributed by atoms with Gasteiger partial charge >= 0.3 is 0 Å². The Bertz CT molecular complexity index is 766. The summed E-state index contributed by atoms with van der Waals surface area (Å²) in [5.41, 5.74) is 3.59. The first-order valence-electron chi connectivity index (χ1n) is 8.16. The van der Waals surface area contributed by atoms with Crippen LogP contribution in [0.15, 0.2) is 29.2 Å². The molecule has 124 valence electrons. The topological polar surface area (TPSA) is 44.0 Å². The largest absolute Gasteiger partial charge is 0.348 e. The molecule has 4 nitrogen and oxygen atoms in total. The number of hydrogen-bond acceptors (Lipinski definition) is 2. The van der Waals surface area contributed by atoms with E-state index in [1.165, 1.54) is 4.57 Å². The van der Waals surface area contributed by atoms with Gasteiger partial charge in [-0.3, -0.25) is 9.59 Å². The minimum atomic E-state index is -0.132. The third kappa shape index (κ3) is 4.01. The molecule has 2 aromatic rings. The van der Waals surface area contributed by atoms with Crippen LogP contribution in [0.1, 0.15) is 47.6 Å². The molecule has 0 saturated heterocycles. The van der Waals surface area contributed by atoms with E-state index in [9.17, 15) is 9.59 Å². The summed E-state index contributed by atoms with van der Waals surface area (Å²) in [6.07, 6.45) is 2.77. The molecule has 0 unspecified atom stereocenters. The van der Waals surface area contributed by atoms with Crippen LogP contribution in [0.25, 0.3) is 0 Å². The molecule has 0 bridgehead atoms. The summed E-state index contributed by atoms with van der Waals surface area (Å²) >= 11 is 0. The van der Waals surface area contributed by atoms with E-state index in [1.54, 1.807) is 12.3 Å². The van der Waals surface area contributed by atoms with Crippen molar-refractivity contribution >= 4 is 5.78 Å². The number of nitrogens with zero attached hydrogens (tertiary/aromatic N) is 2. The number of rotatable bonds is 6. The fourth-order valence-corrected chi connectivity index (χ4v) is 2.79. The molecule has 2 aromatic heterocycles. The zero-order chi connectivity index (χ0) is 17.1. The van der Waals surface area contributed by atoms with Crippen LogP contribution in [0, 0.1) is 26.7 Å². The number of aromatic nitrogens is 2. The van der Waals surface area contributed by atoms with Gasteiger partial charge in [0.15, 0.2) is 5.78 Å². The van der Waals surface area contributed by atoms with Gasteiger partial charge in [-0.05, 0) is 50.8 Å². The Morgan fingerprint density at radius 2 is 1.87 bits per heavy atom. The van der Waals surface area contributed by atoms with E-state index < -0.39 is 0 Å². The van der Waals surface area contributed by atoms with Crippen LogP contribution in [0.3, 0.4) is 0 Å². The molecular weight excluding hydrogens is 288 g/mol. The lowest BCUT2D eigenvalue weighted by molar-refractivity contribution is 0.0970. The second kappa shape index (κ2) is 6.99. The van der Waals surface area contributed by atoms with E-state index in [0.29, 0.717) is 5.92 Å². The van der Waals surface area contributed by atoms with Crippen molar-refractivity contribution in [3.63, 3.8) is 0 Å². The van der Waals surface area contributed by atoms with Crippen molar-refractivity contribution in [2.75, 3.05) is 0 Å². The molecule has 0 saturated carbocycles. The van der Waals surface area contributed by atoms with Crippen LogP contribution < -0.4 is 5.56 Å². The Balaban J connectivity index is 2.23. The van der Waals surface area contributed by atoms with Crippen LogP contribution >= 0.6 is 0 Å². The van der Waals surface area contributed by atoms with E-state index >= 15 is 0 Å². The summed E-state index contributed by atoms with van der Waals surface area (Å²) in [7, 11) is 0. The number of carbonyl (C=O) groups excluding carboxylic acids is 1. The van der Waals surface area contributed by atoms with E-state index in [4.69, 9.17) is 0 Å². The van der Waals surface area contributed by atoms with E-state index in [2.05, 4.69) is 18.4 Å². The molecule has 0 aliphatic rings. The van der Waals surface area contributed by atoms with Crippen molar-refractivity contribution in [3.05, 3.63) is 57.3 Å². The molecule has 2 heterocycles. The Hall–Kier alpha value is -2.10. The third-order valence-electron chi connectivity index (χ3n) is 4.27. The van der Waals surface area contributed by atoms with E-state index in [0.717, 1.165) is 35.5 Å². The summed E-state index contributed by atoms with van der Waals surface area (Å²) in [6, 6.07) is 5.34. The van der Waals surface area contributed by atoms with E-state index in [1.807, 2.05) is 32.9 Å². The molecule has 0 aliphatic carbocycles. The highest BCUT2D eigenvalue weighted by Gasteiger charge is 2.16. The van der Waals surface area contributed by atoms with Crippen LogP contribution in [-0.2, 0) is 13.1 Å². The van der Waals surface area contributed by atoms with Gasteiger partial charge in [0.25, 0.3) is 5.56 Å². The minimum absolute atomic E-state index is 0.0140. The molecule has 0 aromatic carbocycles. The van der Waals surface area contributed by atoms with Gasteiger partial charge in [0, 0.05) is 35.8 Å². The summed E-state index contributed by atoms with van der Waals surface area (Å²) in [5, 5.41) is 0. The number of Topliss-reactive ketones (excluding diaryl/α,β-unsaturated/α-hetero) is 1. The van der Waals surface area contributed by atoms with Gasteiger partial charge in [-0.1, -0.05) is 13.8 Å². The molecule has 0 radical (unpaired) electrons. The van der Waals surface area contributed by atoms with Gasteiger partial charge in [-0.15, -0.1) is 0 Å². The number of hydrogen-bond donors (Lipinski definition) is 0. The first kappa shape index (κ1) is 17.3. The fraction of sp³-hybridized carbons (Fsp3) is 0.474.